The van der Waals surface area contributed by atoms with Crippen LogP contribution in [-0.4, -0.2) is 27.4 Å². The van der Waals surface area contributed by atoms with Gasteiger partial charge in [-0.1, -0.05) is 24.3 Å². The first-order valence-electron chi connectivity index (χ1n) is 7.69. The number of rotatable bonds is 5. The molecule has 24 heavy (non-hydrogen) atoms. The summed E-state index contributed by atoms with van der Waals surface area (Å²) in [6, 6.07) is 13.3. The molecule has 0 radical (unpaired) electrons. The number of nitrogens with one attached hydrogen (secondary N) is 1. The highest BCUT2D eigenvalue weighted by atomic mass is 16.4. The Balaban J connectivity index is 1.84. The van der Waals surface area contributed by atoms with Gasteiger partial charge in [-0.25, -0.2) is 0 Å². The minimum absolute atomic E-state index is 0.0983. The number of hydrogen-bond donors (Lipinski definition) is 3. The van der Waals surface area contributed by atoms with Crippen LogP contribution in [0.15, 0.2) is 47.5 Å². The molecule has 0 bridgehead atoms. The second-order valence-corrected chi connectivity index (χ2v) is 5.70. The van der Waals surface area contributed by atoms with E-state index in [9.17, 15) is 9.90 Å². The van der Waals surface area contributed by atoms with Gasteiger partial charge >= 0.3 is 5.97 Å². The Morgan fingerprint density at radius 3 is 2.67 bits per heavy atom. The SMILES string of the molecule is Cc1cccc2[nH]c(O)c(C=Nc3ccc(CCC(=O)O)cc3)c12. The molecule has 2 aromatic carbocycles. The molecule has 3 rings (SSSR count). The van der Waals surface area contributed by atoms with Crippen LogP contribution in [0.4, 0.5) is 5.69 Å². The second-order valence-electron chi connectivity index (χ2n) is 5.70. The minimum Gasteiger partial charge on any atom is -0.494 e. The number of aromatic hydroxyl groups is 1. The molecule has 0 atom stereocenters. The summed E-state index contributed by atoms with van der Waals surface area (Å²) >= 11 is 0. The van der Waals surface area contributed by atoms with Crippen molar-refractivity contribution in [1.29, 1.82) is 0 Å². The van der Waals surface area contributed by atoms with E-state index in [-0.39, 0.29) is 12.3 Å². The van der Waals surface area contributed by atoms with Crippen LogP contribution >= 0.6 is 0 Å². The average molecular weight is 322 g/mol. The van der Waals surface area contributed by atoms with E-state index in [0.717, 1.165) is 27.7 Å². The van der Waals surface area contributed by atoms with Crippen LogP contribution in [0.2, 0.25) is 0 Å². The predicted octanol–water partition coefficient (Wildman–Crippen LogP) is 3.95. The fourth-order valence-corrected chi connectivity index (χ4v) is 2.71. The number of aryl methyl sites for hydroxylation is 2. The first-order valence-corrected chi connectivity index (χ1v) is 7.69. The van der Waals surface area contributed by atoms with Crippen LogP contribution in [0.5, 0.6) is 5.88 Å². The van der Waals surface area contributed by atoms with Gasteiger partial charge in [-0.15, -0.1) is 0 Å². The van der Waals surface area contributed by atoms with E-state index in [0.29, 0.717) is 12.0 Å². The smallest absolute Gasteiger partial charge is 0.303 e. The van der Waals surface area contributed by atoms with Crippen molar-refractivity contribution >= 4 is 28.8 Å². The molecule has 0 spiro atoms. The third kappa shape index (κ3) is 3.30. The summed E-state index contributed by atoms with van der Waals surface area (Å²) in [4.78, 5) is 18.0. The number of carboxylic acid groups (broad SMARTS) is 1. The van der Waals surface area contributed by atoms with Gasteiger partial charge in [0.2, 0.25) is 0 Å². The van der Waals surface area contributed by atoms with Crippen LogP contribution in [0.25, 0.3) is 10.9 Å². The first kappa shape index (κ1) is 15.8. The molecular weight excluding hydrogens is 304 g/mol. The van der Waals surface area contributed by atoms with Crippen LogP contribution in [-0.2, 0) is 11.2 Å². The fourth-order valence-electron chi connectivity index (χ4n) is 2.71. The molecule has 3 N–H and O–H groups in total. The zero-order chi connectivity index (χ0) is 17.1. The fraction of sp³-hybridized carbons (Fsp3) is 0.158. The van der Waals surface area contributed by atoms with Gasteiger partial charge in [0.05, 0.1) is 11.3 Å². The van der Waals surface area contributed by atoms with Crippen LogP contribution in [0.1, 0.15) is 23.1 Å². The van der Waals surface area contributed by atoms with Crippen molar-refractivity contribution in [2.24, 2.45) is 4.99 Å². The zero-order valence-electron chi connectivity index (χ0n) is 13.3. The van der Waals surface area contributed by atoms with Crippen molar-refractivity contribution in [3.63, 3.8) is 0 Å². The monoisotopic (exact) mass is 322 g/mol. The lowest BCUT2D eigenvalue weighted by atomic mass is 10.1. The predicted molar refractivity (Wildman–Crippen MR) is 94.4 cm³/mol. The Hall–Kier alpha value is -3.08. The molecule has 1 heterocycles. The standard InChI is InChI=1S/C19H18N2O3/c1-12-3-2-4-16-18(12)15(19(24)21-16)11-20-14-8-5-13(6-9-14)7-10-17(22)23/h2-6,8-9,11,21,24H,7,10H2,1H3,(H,22,23). The van der Waals surface area contributed by atoms with Crippen molar-refractivity contribution in [2.45, 2.75) is 19.8 Å². The molecule has 5 nitrogen and oxygen atoms in total. The quantitative estimate of drug-likeness (QED) is 0.622. The molecular formula is C19H18N2O3. The Kier molecular flexibility index (Phi) is 4.33. The highest BCUT2D eigenvalue weighted by Gasteiger charge is 2.10. The van der Waals surface area contributed by atoms with E-state index >= 15 is 0 Å². The molecule has 3 aromatic rings. The zero-order valence-corrected chi connectivity index (χ0v) is 13.3. The number of aliphatic imine (C=N–C) groups is 1. The molecule has 0 saturated heterocycles. The minimum atomic E-state index is -0.803. The maximum atomic E-state index is 10.6. The summed E-state index contributed by atoms with van der Waals surface area (Å²) in [5.41, 5.74) is 4.31. The van der Waals surface area contributed by atoms with Crippen LogP contribution in [0.3, 0.4) is 0 Å². The number of carboxylic acids is 1. The van der Waals surface area contributed by atoms with Gasteiger partial charge in [-0.05, 0) is 42.7 Å². The van der Waals surface area contributed by atoms with Gasteiger partial charge < -0.3 is 15.2 Å². The highest BCUT2D eigenvalue weighted by molar-refractivity contribution is 6.04. The van der Waals surface area contributed by atoms with Crippen LogP contribution < -0.4 is 0 Å². The summed E-state index contributed by atoms with van der Waals surface area (Å²) in [5.74, 6) is -0.705. The third-order valence-corrected chi connectivity index (χ3v) is 3.96. The number of nitrogens with zero attached hydrogens (tertiary/aromatic N) is 1. The molecule has 0 aliphatic rings. The van der Waals surface area contributed by atoms with E-state index in [1.54, 1.807) is 6.21 Å². The Morgan fingerprint density at radius 2 is 1.96 bits per heavy atom. The molecule has 0 saturated carbocycles. The van der Waals surface area contributed by atoms with Gasteiger partial charge in [0.25, 0.3) is 0 Å². The van der Waals surface area contributed by atoms with Gasteiger partial charge in [-0.3, -0.25) is 9.79 Å². The summed E-state index contributed by atoms with van der Waals surface area (Å²) in [6.07, 6.45) is 2.26. The largest absolute Gasteiger partial charge is 0.494 e. The number of hydrogen-bond acceptors (Lipinski definition) is 3. The van der Waals surface area contributed by atoms with Crippen molar-refractivity contribution in [2.75, 3.05) is 0 Å². The number of aliphatic carboxylic acids is 1. The maximum absolute atomic E-state index is 10.6. The number of aromatic nitrogens is 1. The molecule has 0 amide bonds. The highest BCUT2D eigenvalue weighted by Crippen LogP contribution is 2.28. The lowest BCUT2D eigenvalue weighted by Crippen LogP contribution is -1.96. The van der Waals surface area contributed by atoms with E-state index < -0.39 is 5.97 Å². The number of carbonyl (C=O) groups is 1. The van der Waals surface area contributed by atoms with Gasteiger partial charge in [-0.2, -0.15) is 0 Å². The van der Waals surface area contributed by atoms with E-state index in [1.807, 2.05) is 49.4 Å². The second kappa shape index (κ2) is 6.58. The molecule has 0 fully saturated rings. The summed E-state index contributed by atoms with van der Waals surface area (Å²) in [5, 5.41) is 19.8. The number of aromatic amines is 1. The Morgan fingerprint density at radius 1 is 1.21 bits per heavy atom. The van der Waals surface area contributed by atoms with Crippen LogP contribution in [0, 0.1) is 6.92 Å². The molecule has 0 aliphatic heterocycles. The number of fused-ring (bicyclic) bond motifs is 1. The summed E-state index contributed by atoms with van der Waals surface area (Å²) < 4.78 is 0. The Labute approximate surface area is 139 Å². The molecule has 0 unspecified atom stereocenters. The third-order valence-electron chi connectivity index (χ3n) is 3.96. The maximum Gasteiger partial charge on any atom is 0.303 e. The summed E-state index contributed by atoms with van der Waals surface area (Å²) in [6.45, 7) is 1.99. The Bertz CT molecular complexity index is 908. The number of benzene rings is 2. The van der Waals surface area contributed by atoms with Crippen molar-refractivity contribution in [1.82, 2.24) is 4.98 Å². The van der Waals surface area contributed by atoms with Crippen molar-refractivity contribution in [3.8, 4) is 5.88 Å². The first-order chi connectivity index (χ1) is 11.5. The van der Waals surface area contributed by atoms with Gasteiger partial charge in [0, 0.05) is 23.5 Å². The molecule has 5 heteroatoms. The van der Waals surface area contributed by atoms with E-state index in [1.165, 1.54) is 0 Å². The van der Waals surface area contributed by atoms with E-state index in [2.05, 4.69) is 9.98 Å². The van der Waals surface area contributed by atoms with Gasteiger partial charge in [0.1, 0.15) is 0 Å². The lowest BCUT2D eigenvalue weighted by Gasteiger charge is -2.00. The normalized spacial score (nSPS) is 11.4. The number of H-pyrrole nitrogens is 1. The molecule has 0 aliphatic carbocycles. The van der Waals surface area contributed by atoms with Gasteiger partial charge in [0.15, 0.2) is 5.88 Å². The summed E-state index contributed by atoms with van der Waals surface area (Å²) in [7, 11) is 0. The lowest BCUT2D eigenvalue weighted by molar-refractivity contribution is -0.136. The molecule has 122 valence electrons. The van der Waals surface area contributed by atoms with Crippen molar-refractivity contribution < 1.29 is 15.0 Å². The average Bonchev–Trinajstić information content (AvgIpc) is 2.88. The molecule has 1 aromatic heterocycles. The van der Waals surface area contributed by atoms with Crippen molar-refractivity contribution in [3.05, 3.63) is 59.2 Å². The van der Waals surface area contributed by atoms with E-state index in [4.69, 9.17) is 5.11 Å². The topological polar surface area (TPSA) is 85.7 Å².